The normalized spacial score (nSPS) is 36.3. The van der Waals surface area contributed by atoms with Gasteiger partial charge in [-0.05, 0) is 56.5 Å². The molecule has 0 amide bonds. The minimum Gasteiger partial charge on any atom is -0.413 e. The molecule has 14 heavy (non-hydrogen) atoms. The fourth-order valence-electron chi connectivity index (χ4n) is 2.91. The summed E-state index contributed by atoms with van der Waals surface area (Å²) in [6.07, 6.45) is 7.19. The van der Waals surface area contributed by atoms with Crippen molar-refractivity contribution in [1.82, 2.24) is 0 Å². The Morgan fingerprint density at radius 1 is 1.43 bits per heavy atom. The predicted molar refractivity (Wildman–Crippen MR) is 62.6 cm³/mol. The summed E-state index contributed by atoms with van der Waals surface area (Å²) in [6.45, 7) is 9.35. The first kappa shape index (κ1) is 10.4. The maximum Gasteiger partial charge on any atom is 0.210 e. The number of fused-ring (bicyclic) bond motifs is 2. The highest BCUT2D eigenvalue weighted by Gasteiger charge is 2.45. The zero-order valence-corrected chi connectivity index (χ0v) is 10.5. The molecule has 0 atom stereocenters. The van der Waals surface area contributed by atoms with Gasteiger partial charge < -0.3 is 4.43 Å². The van der Waals surface area contributed by atoms with E-state index in [4.69, 9.17) is 4.43 Å². The van der Waals surface area contributed by atoms with Gasteiger partial charge in [0.15, 0.2) is 0 Å². The Hall–Kier alpha value is -0.0831. The lowest BCUT2D eigenvalue weighted by atomic mass is 9.85. The molecule has 2 aliphatic carbocycles. The van der Waals surface area contributed by atoms with Crippen LogP contribution in [0.25, 0.3) is 0 Å². The molecule has 1 nitrogen and oxygen atoms in total. The summed E-state index contributed by atoms with van der Waals surface area (Å²) in [5, 5.41) is 0. The summed E-state index contributed by atoms with van der Waals surface area (Å²) in [5.74, 6) is 1.03. The number of hydrogen-bond donors (Lipinski definition) is 0. The molecule has 0 aromatic carbocycles. The molecular formula is C12H22OSi. The van der Waals surface area contributed by atoms with Crippen LogP contribution in [0.1, 0.15) is 32.1 Å². The van der Waals surface area contributed by atoms with Gasteiger partial charge in [-0.25, -0.2) is 0 Å². The van der Waals surface area contributed by atoms with E-state index in [1.807, 2.05) is 5.70 Å². The van der Waals surface area contributed by atoms with Crippen molar-refractivity contribution in [3.63, 3.8) is 0 Å². The molecule has 2 fully saturated rings. The second-order valence-corrected chi connectivity index (χ2v) is 9.65. The molecule has 0 unspecified atom stereocenters. The molecule has 0 heterocycles. The van der Waals surface area contributed by atoms with Crippen LogP contribution in [-0.4, -0.2) is 14.9 Å². The van der Waals surface area contributed by atoms with Gasteiger partial charge in [-0.3, -0.25) is 0 Å². The van der Waals surface area contributed by atoms with Crippen LogP contribution in [0, 0.1) is 11.3 Å². The summed E-state index contributed by atoms with van der Waals surface area (Å²) >= 11 is 0. The topological polar surface area (TPSA) is 9.23 Å². The van der Waals surface area contributed by atoms with Gasteiger partial charge in [0.2, 0.25) is 8.32 Å². The third-order valence-corrected chi connectivity index (χ3v) is 6.00. The van der Waals surface area contributed by atoms with Crippen LogP contribution in [-0.2, 0) is 4.43 Å². The van der Waals surface area contributed by atoms with E-state index in [1.165, 1.54) is 32.1 Å². The molecule has 2 rings (SSSR count). The Labute approximate surface area is 88.7 Å². The van der Waals surface area contributed by atoms with Crippen LogP contribution in [0.15, 0.2) is 12.3 Å². The molecule has 2 heteroatoms. The Balaban J connectivity index is 1.89. The molecule has 80 valence electrons. The van der Waals surface area contributed by atoms with E-state index in [0.717, 1.165) is 12.5 Å². The van der Waals surface area contributed by atoms with Crippen LogP contribution >= 0.6 is 0 Å². The second-order valence-electron chi connectivity index (χ2n) is 5.74. The quantitative estimate of drug-likeness (QED) is 0.645. The van der Waals surface area contributed by atoms with Gasteiger partial charge in [0.1, 0.15) is 0 Å². The fourth-order valence-corrected chi connectivity index (χ4v) is 3.71. The number of hydrogen-bond acceptors (Lipinski definition) is 1. The Morgan fingerprint density at radius 2 is 2.07 bits per heavy atom. The van der Waals surface area contributed by atoms with Gasteiger partial charge in [0.05, 0.1) is 0 Å². The van der Waals surface area contributed by atoms with Gasteiger partial charge in [0.25, 0.3) is 0 Å². The van der Waals surface area contributed by atoms with Crippen molar-refractivity contribution >= 4 is 8.32 Å². The zero-order valence-electron chi connectivity index (χ0n) is 9.51. The summed E-state index contributed by atoms with van der Waals surface area (Å²) in [4.78, 5) is 0. The van der Waals surface area contributed by atoms with Crippen molar-refractivity contribution in [2.24, 2.45) is 11.3 Å². The minimum absolute atomic E-state index is 0.581. The monoisotopic (exact) mass is 210 g/mol. The maximum atomic E-state index is 6.10. The fraction of sp³-hybridized carbons (Fsp3) is 0.833. The largest absolute Gasteiger partial charge is 0.413 e. The molecule has 0 radical (unpaired) electrons. The van der Waals surface area contributed by atoms with Crippen molar-refractivity contribution in [3.8, 4) is 0 Å². The highest BCUT2D eigenvalue weighted by molar-refractivity contribution is 6.76. The first-order valence-corrected chi connectivity index (χ1v) is 8.81. The van der Waals surface area contributed by atoms with Crippen molar-refractivity contribution in [3.05, 3.63) is 12.3 Å². The minimum atomic E-state index is -1.53. The van der Waals surface area contributed by atoms with Crippen molar-refractivity contribution in [1.29, 1.82) is 0 Å². The summed E-state index contributed by atoms with van der Waals surface area (Å²) in [7, 11) is -1.53. The molecular weight excluding hydrogens is 188 g/mol. The zero-order chi connectivity index (χ0) is 10.2. The molecule has 2 saturated carbocycles. The predicted octanol–water partition coefficient (Wildman–Crippen LogP) is 3.51. The van der Waals surface area contributed by atoms with E-state index in [2.05, 4.69) is 19.7 Å². The summed E-state index contributed by atoms with van der Waals surface area (Å²) in [5.41, 5.74) is 2.63. The molecule has 0 aromatic rings. The van der Waals surface area contributed by atoms with Crippen LogP contribution in [0.4, 0.5) is 0 Å². The third-order valence-electron chi connectivity index (χ3n) is 4.13. The van der Waals surface area contributed by atoms with Crippen LogP contribution < -0.4 is 0 Å². The lowest BCUT2D eigenvalue weighted by Gasteiger charge is -2.30. The van der Waals surface area contributed by atoms with Crippen molar-refractivity contribution < 1.29 is 4.43 Å². The molecule has 0 spiro atoms. The summed E-state index contributed by atoms with van der Waals surface area (Å²) < 4.78 is 6.10. The van der Waals surface area contributed by atoms with E-state index in [0.29, 0.717) is 5.41 Å². The molecule has 0 aromatic heterocycles. The molecule has 0 saturated heterocycles. The average molecular weight is 210 g/mol. The lowest BCUT2D eigenvalue weighted by Crippen LogP contribution is -2.34. The first-order valence-electron chi connectivity index (χ1n) is 5.83. The molecule has 0 N–H and O–H groups in total. The van der Waals surface area contributed by atoms with E-state index < -0.39 is 8.32 Å². The highest BCUT2D eigenvalue weighted by Crippen LogP contribution is 2.54. The highest BCUT2D eigenvalue weighted by atomic mass is 28.4. The van der Waals surface area contributed by atoms with Crippen LogP contribution in [0.5, 0.6) is 0 Å². The van der Waals surface area contributed by atoms with Crippen molar-refractivity contribution in [2.75, 3.05) is 6.61 Å². The van der Waals surface area contributed by atoms with E-state index in [9.17, 15) is 0 Å². The van der Waals surface area contributed by atoms with Crippen LogP contribution in [0.3, 0.4) is 0 Å². The van der Waals surface area contributed by atoms with Gasteiger partial charge in [-0.1, -0.05) is 5.70 Å². The number of rotatable bonds is 4. The van der Waals surface area contributed by atoms with E-state index in [-0.39, 0.29) is 0 Å². The van der Waals surface area contributed by atoms with Gasteiger partial charge >= 0.3 is 0 Å². The van der Waals surface area contributed by atoms with Gasteiger partial charge in [-0.2, -0.15) is 0 Å². The Kier molecular flexibility index (Phi) is 2.60. The van der Waals surface area contributed by atoms with E-state index >= 15 is 0 Å². The lowest BCUT2D eigenvalue weighted by molar-refractivity contribution is 0.148. The van der Waals surface area contributed by atoms with Gasteiger partial charge in [0, 0.05) is 6.61 Å². The smallest absolute Gasteiger partial charge is 0.210 e. The van der Waals surface area contributed by atoms with E-state index in [1.54, 1.807) is 0 Å². The first-order chi connectivity index (χ1) is 6.55. The van der Waals surface area contributed by atoms with Gasteiger partial charge in [-0.15, -0.1) is 6.58 Å². The Bertz CT molecular complexity index is 226. The maximum absolute atomic E-state index is 6.10. The standard InChI is InChI=1S/C12H22OSi/c1-4-14(2,3)13-10-12-7-5-11(9-12)6-8-12/h4,11H,1,5-10H2,2-3H3. The third kappa shape index (κ3) is 1.96. The Morgan fingerprint density at radius 3 is 2.50 bits per heavy atom. The van der Waals surface area contributed by atoms with Crippen LogP contribution in [0.2, 0.25) is 13.1 Å². The summed E-state index contributed by atoms with van der Waals surface area (Å²) in [6, 6.07) is 0. The average Bonchev–Trinajstić information content (AvgIpc) is 2.75. The SMILES string of the molecule is C=C[Si](C)(C)OCC12CCC(CC1)C2. The van der Waals surface area contributed by atoms with Crippen molar-refractivity contribution in [2.45, 2.75) is 45.2 Å². The molecule has 2 aliphatic rings. The molecule has 2 bridgehead atoms. The molecule has 0 aliphatic heterocycles. The second kappa shape index (κ2) is 3.49.